The highest BCUT2D eigenvalue weighted by Crippen LogP contribution is 2.60. The SMILES string of the molecule is CC(=O)C1C=CC2C3CCc4cc(OSOON)ccc4C3CCC12C. The molecule has 0 heterocycles. The van der Waals surface area contributed by atoms with E-state index in [1.54, 1.807) is 6.92 Å². The van der Waals surface area contributed by atoms with E-state index in [0.717, 1.165) is 31.4 Å². The molecule has 5 atom stereocenters. The fraction of sp³-hybridized carbons (Fsp3) is 0.550. The van der Waals surface area contributed by atoms with E-state index < -0.39 is 0 Å². The molecule has 0 saturated heterocycles. The molecule has 0 radical (unpaired) electrons. The van der Waals surface area contributed by atoms with Crippen molar-refractivity contribution in [1.29, 1.82) is 0 Å². The molecule has 5 nitrogen and oxygen atoms in total. The molecule has 1 saturated carbocycles. The molecule has 3 aliphatic carbocycles. The van der Waals surface area contributed by atoms with Gasteiger partial charge in [0.1, 0.15) is 11.5 Å². The normalized spacial score (nSPS) is 34.7. The van der Waals surface area contributed by atoms with Gasteiger partial charge in [-0.1, -0.05) is 25.1 Å². The Bertz CT molecular complexity index is 737. The first-order chi connectivity index (χ1) is 12.5. The zero-order valence-electron chi connectivity index (χ0n) is 15.1. The number of Topliss-reactive ketones (excluding diaryl/α,β-unsaturated/α-hetero) is 1. The molecular formula is C20H25NO4S. The average Bonchev–Trinajstić information content (AvgIpc) is 2.99. The van der Waals surface area contributed by atoms with Crippen LogP contribution < -0.4 is 10.1 Å². The maximum absolute atomic E-state index is 12.1. The molecule has 0 bridgehead atoms. The van der Waals surface area contributed by atoms with Gasteiger partial charge in [-0.05, 0) is 79.0 Å². The summed E-state index contributed by atoms with van der Waals surface area (Å²) in [5, 5.41) is 0. The van der Waals surface area contributed by atoms with Crippen LogP contribution in [-0.2, 0) is 20.5 Å². The van der Waals surface area contributed by atoms with Crippen LogP contribution in [0.4, 0.5) is 0 Å². The predicted molar refractivity (Wildman–Crippen MR) is 99.7 cm³/mol. The molecular weight excluding hydrogens is 350 g/mol. The fourth-order valence-electron chi connectivity index (χ4n) is 5.73. The van der Waals surface area contributed by atoms with E-state index in [-0.39, 0.29) is 11.3 Å². The van der Waals surface area contributed by atoms with Crippen molar-refractivity contribution < 1.29 is 18.3 Å². The van der Waals surface area contributed by atoms with Gasteiger partial charge < -0.3 is 4.18 Å². The van der Waals surface area contributed by atoms with Crippen molar-refractivity contribution in [3.8, 4) is 5.75 Å². The van der Waals surface area contributed by atoms with Crippen LogP contribution in [0.25, 0.3) is 0 Å². The molecule has 3 aliphatic rings. The lowest BCUT2D eigenvalue weighted by Gasteiger charge is -2.50. The first-order valence-electron chi connectivity index (χ1n) is 9.23. The summed E-state index contributed by atoms with van der Waals surface area (Å²) in [6.07, 6.45) is 8.97. The van der Waals surface area contributed by atoms with Gasteiger partial charge in [-0.15, -0.1) is 9.32 Å². The van der Waals surface area contributed by atoms with E-state index in [4.69, 9.17) is 10.1 Å². The summed E-state index contributed by atoms with van der Waals surface area (Å²) in [6.45, 7) is 4.06. The lowest BCUT2D eigenvalue weighted by atomic mass is 9.53. The van der Waals surface area contributed by atoms with Crippen molar-refractivity contribution in [3.63, 3.8) is 0 Å². The van der Waals surface area contributed by atoms with Crippen LogP contribution in [0.3, 0.4) is 0 Å². The number of benzene rings is 1. The number of carbonyl (C=O) groups is 1. The van der Waals surface area contributed by atoms with E-state index in [9.17, 15) is 4.79 Å². The molecule has 0 amide bonds. The minimum atomic E-state index is 0.0902. The van der Waals surface area contributed by atoms with Gasteiger partial charge in [0.05, 0.1) is 0 Å². The first kappa shape index (κ1) is 18.0. The van der Waals surface area contributed by atoms with Crippen LogP contribution in [0.2, 0.25) is 0 Å². The summed E-state index contributed by atoms with van der Waals surface area (Å²) < 4.78 is 9.91. The van der Waals surface area contributed by atoms with Crippen molar-refractivity contribution in [2.45, 2.75) is 45.4 Å². The number of aryl methyl sites for hydroxylation is 1. The predicted octanol–water partition coefficient (Wildman–Crippen LogP) is 4.29. The summed E-state index contributed by atoms with van der Waals surface area (Å²) in [5.74, 6) is 7.64. The number of hydrogen-bond donors (Lipinski definition) is 1. The zero-order chi connectivity index (χ0) is 18.3. The Labute approximate surface area is 158 Å². The Balaban J connectivity index is 1.56. The number of carbonyl (C=O) groups excluding carboxylic acids is 1. The van der Waals surface area contributed by atoms with Crippen LogP contribution in [0, 0.1) is 23.2 Å². The molecule has 4 rings (SSSR count). The minimum absolute atomic E-state index is 0.0902. The van der Waals surface area contributed by atoms with E-state index in [1.165, 1.54) is 11.1 Å². The Morgan fingerprint density at radius 1 is 1.31 bits per heavy atom. The molecule has 1 aromatic carbocycles. The summed E-state index contributed by atoms with van der Waals surface area (Å²) in [5.41, 5.74) is 2.90. The lowest BCUT2D eigenvalue weighted by molar-refractivity contribution is -0.199. The number of fused-ring (bicyclic) bond motifs is 5. The van der Waals surface area contributed by atoms with Crippen LogP contribution >= 0.6 is 12.3 Å². The second kappa shape index (κ2) is 7.00. The van der Waals surface area contributed by atoms with Gasteiger partial charge in [0.2, 0.25) is 0 Å². The van der Waals surface area contributed by atoms with E-state index in [0.29, 0.717) is 35.9 Å². The number of hydrogen-bond acceptors (Lipinski definition) is 6. The average molecular weight is 375 g/mol. The van der Waals surface area contributed by atoms with Gasteiger partial charge >= 0.3 is 0 Å². The molecule has 0 aliphatic heterocycles. The number of nitrogens with two attached hydrogens (primary N) is 1. The topological polar surface area (TPSA) is 70.8 Å². The third-order valence-electron chi connectivity index (χ3n) is 6.85. The molecule has 5 unspecified atom stereocenters. The van der Waals surface area contributed by atoms with Gasteiger partial charge in [-0.3, -0.25) is 4.79 Å². The molecule has 26 heavy (non-hydrogen) atoms. The van der Waals surface area contributed by atoms with Gasteiger partial charge in [0.25, 0.3) is 12.3 Å². The van der Waals surface area contributed by atoms with Crippen LogP contribution in [-0.4, -0.2) is 5.78 Å². The molecule has 6 heteroatoms. The van der Waals surface area contributed by atoms with E-state index in [1.807, 2.05) is 6.07 Å². The summed E-state index contributed by atoms with van der Waals surface area (Å²) in [7, 11) is 0. The molecule has 1 aromatic rings. The molecule has 2 N–H and O–H groups in total. The Morgan fingerprint density at radius 2 is 2.15 bits per heavy atom. The summed E-state index contributed by atoms with van der Waals surface area (Å²) in [4.78, 5) is 16.1. The quantitative estimate of drug-likeness (QED) is 0.272. The molecule has 0 aromatic heterocycles. The Morgan fingerprint density at radius 3 is 2.92 bits per heavy atom. The minimum Gasteiger partial charge on any atom is -0.399 e. The van der Waals surface area contributed by atoms with Crippen molar-refractivity contribution >= 4 is 18.1 Å². The third kappa shape index (κ3) is 2.89. The third-order valence-corrected chi connectivity index (χ3v) is 7.25. The number of allylic oxidation sites excluding steroid dienone is 2. The second-order valence-electron chi connectivity index (χ2n) is 8.03. The standard InChI is InChI=1S/C20H25NO4S/c1-12(22)18-7-8-19-17-5-3-13-11-14(23-26-25-24-21)4-6-15(13)16(17)9-10-20(18,19)2/h4,6-8,11,16-19H,3,5,9-10,21H2,1-2H3. The van der Waals surface area contributed by atoms with Crippen molar-refractivity contribution in [2.24, 2.45) is 29.1 Å². The highest BCUT2D eigenvalue weighted by atomic mass is 32.2. The van der Waals surface area contributed by atoms with Gasteiger partial charge in [-0.25, -0.2) is 0 Å². The van der Waals surface area contributed by atoms with Crippen LogP contribution in [0.1, 0.15) is 50.2 Å². The largest absolute Gasteiger partial charge is 0.399 e. The van der Waals surface area contributed by atoms with Crippen molar-refractivity contribution in [3.05, 3.63) is 41.5 Å². The summed E-state index contributed by atoms with van der Waals surface area (Å²) in [6, 6.07) is 6.26. The van der Waals surface area contributed by atoms with Gasteiger partial charge in [0.15, 0.2) is 0 Å². The fourth-order valence-corrected chi connectivity index (χ4v) is 5.97. The monoisotopic (exact) mass is 375 g/mol. The van der Waals surface area contributed by atoms with Gasteiger partial charge in [0, 0.05) is 5.92 Å². The smallest absolute Gasteiger partial charge is 0.260 e. The maximum atomic E-state index is 12.1. The summed E-state index contributed by atoms with van der Waals surface area (Å²) >= 11 is 0.706. The Hall–Kier alpha value is -1.34. The highest BCUT2D eigenvalue weighted by Gasteiger charge is 2.53. The van der Waals surface area contributed by atoms with Crippen LogP contribution in [0.15, 0.2) is 30.4 Å². The number of ketones is 1. The Kier molecular flexibility index (Phi) is 4.86. The maximum Gasteiger partial charge on any atom is 0.260 e. The van der Waals surface area contributed by atoms with Crippen LogP contribution in [0.5, 0.6) is 5.75 Å². The molecule has 1 fully saturated rings. The number of rotatable bonds is 5. The first-order valence-corrected chi connectivity index (χ1v) is 9.89. The van der Waals surface area contributed by atoms with Crippen molar-refractivity contribution in [1.82, 2.24) is 0 Å². The molecule has 140 valence electrons. The van der Waals surface area contributed by atoms with E-state index in [2.05, 4.69) is 40.5 Å². The second-order valence-corrected chi connectivity index (χ2v) is 8.47. The highest BCUT2D eigenvalue weighted by molar-refractivity contribution is 7.90. The van der Waals surface area contributed by atoms with E-state index >= 15 is 0 Å². The van der Waals surface area contributed by atoms with Gasteiger partial charge in [-0.2, -0.15) is 5.90 Å². The lowest BCUT2D eigenvalue weighted by Crippen LogP contribution is -2.44. The molecule has 0 spiro atoms. The van der Waals surface area contributed by atoms with Crippen molar-refractivity contribution in [2.75, 3.05) is 0 Å². The zero-order valence-corrected chi connectivity index (χ0v) is 16.0.